The number of nitriles is 1. The summed E-state index contributed by atoms with van der Waals surface area (Å²) in [6.45, 7) is 5.15. The maximum absolute atomic E-state index is 12.1. The average Bonchev–Trinajstić information content (AvgIpc) is 2.45. The lowest BCUT2D eigenvalue weighted by Gasteiger charge is -2.16. The van der Waals surface area contributed by atoms with Crippen LogP contribution in [0.3, 0.4) is 0 Å². The van der Waals surface area contributed by atoms with Gasteiger partial charge in [0.15, 0.2) is 9.84 Å². The van der Waals surface area contributed by atoms with Crippen molar-refractivity contribution < 1.29 is 13.2 Å². The number of rotatable bonds is 6. The van der Waals surface area contributed by atoms with Gasteiger partial charge in [0.1, 0.15) is 5.25 Å². The Hall–Kier alpha value is -1.87. The van der Waals surface area contributed by atoms with E-state index in [1.807, 2.05) is 19.9 Å². The molecule has 6 heteroatoms. The lowest BCUT2D eigenvalue weighted by atomic mass is 10.2. The summed E-state index contributed by atoms with van der Waals surface area (Å²) in [6.07, 6.45) is 0.748. The van der Waals surface area contributed by atoms with Crippen molar-refractivity contribution in [1.82, 2.24) is 0 Å². The van der Waals surface area contributed by atoms with Gasteiger partial charge in [-0.3, -0.25) is 4.79 Å². The van der Waals surface area contributed by atoms with Gasteiger partial charge in [0, 0.05) is 5.69 Å². The molecule has 0 spiro atoms. The van der Waals surface area contributed by atoms with Gasteiger partial charge < -0.3 is 5.32 Å². The van der Waals surface area contributed by atoms with Gasteiger partial charge in [-0.1, -0.05) is 26.3 Å². The van der Waals surface area contributed by atoms with Crippen molar-refractivity contribution in [2.24, 2.45) is 5.92 Å². The van der Waals surface area contributed by atoms with E-state index in [2.05, 4.69) is 5.32 Å². The van der Waals surface area contributed by atoms with Crippen LogP contribution in [0.4, 0.5) is 5.69 Å². The third-order valence-electron chi connectivity index (χ3n) is 3.38. The highest BCUT2D eigenvalue weighted by molar-refractivity contribution is 7.92. The Kier molecular flexibility index (Phi) is 5.91. The quantitative estimate of drug-likeness (QED) is 0.874. The van der Waals surface area contributed by atoms with Crippen LogP contribution >= 0.6 is 0 Å². The van der Waals surface area contributed by atoms with E-state index in [0.717, 1.165) is 6.42 Å². The third kappa shape index (κ3) is 4.87. The van der Waals surface area contributed by atoms with Gasteiger partial charge in [0.2, 0.25) is 5.91 Å². The molecule has 1 aromatic carbocycles. The summed E-state index contributed by atoms with van der Waals surface area (Å²) in [5.74, 6) is -0.559. The van der Waals surface area contributed by atoms with E-state index in [4.69, 9.17) is 5.26 Å². The Morgan fingerprint density at radius 3 is 2.62 bits per heavy atom. The molecule has 2 unspecified atom stereocenters. The lowest BCUT2D eigenvalue weighted by Crippen LogP contribution is -2.35. The highest BCUT2D eigenvalue weighted by Crippen LogP contribution is 2.14. The van der Waals surface area contributed by atoms with E-state index < -0.39 is 21.0 Å². The molecule has 0 aliphatic rings. The van der Waals surface area contributed by atoms with Crippen LogP contribution in [0.1, 0.15) is 32.8 Å². The monoisotopic (exact) mass is 308 g/mol. The Labute approximate surface area is 125 Å². The molecule has 1 N–H and O–H groups in total. The predicted molar refractivity (Wildman–Crippen MR) is 82.5 cm³/mol. The van der Waals surface area contributed by atoms with Crippen LogP contribution in [0.15, 0.2) is 24.3 Å². The third-order valence-corrected chi connectivity index (χ3v) is 5.71. The van der Waals surface area contributed by atoms with Crippen LogP contribution < -0.4 is 5.32 Å². The lowest BCUT2D eigenvalue weighted by molar-refractivity contribution is -0.115. The van der Waals surface area contributed by atoms with Gasteiger partial charge in [-0.2, -0.15) is 5.26 Å². The molecular weight excluding hydrogens is 288 g/mol. The Balaban J connectivity index is 2.81. The number of amides is 1. The van der Waals surface area contributed by atoms with Crippen LogP contribution in [0.5, 0.6) is 0 Å². The van der Waals surface area contributed by atoms with E-state index >= 15 is 0 Å². The Morgan fingerprint density at radius 1 is 1.38 bits per heavy atom. The summed E-state index contributed by atoms with van der Waals surface area (Å²) < 4.78 is 24.3. The minimum atomic E-state index is -3.48. The maximum atomic E-state index is 12.1. The molecule has 0 bridgehead atoms. The second-order valence-corrected chi connectivity index (χ2v) is 7.53. The molecule has 1 rings (SSSR count). The molecule has 0 fully saturated rings. The zero-order chi connectivity index (χ0) is 16.0. The largest absolute Gasteiger partial charge is 0.325 e. The van der Waals surface area contributed by atoms with Crippen molar-refractivity contribution in [3.8, 4) is 6.07 Å². The van der Waals surface area contributed by atoms with Gasteiger partial charge >= 0.3 is 0 Å². The molecule has 0 radical (unpaired) electrons. The summed E-state index contributed by atoms with van der Waals surface area (Å²) in [5.41, 5.74) is 0.826. The molecule has 0 aromatic heterocycles. The van der Waals surface area contributed by atoms with E-state index in [9.17, 15) is 13.2 Å². The fraction of sp³-hybridized carbons (Fsp3) is 0.467. The molecule has 114 valence electrons. The molecule has 0 aliphatic carbocycles. The first-order chi connectivity index (χ1) is 9.80. The topological polar surface area (TPSA) is 87.0 Å². The number of anilines is 1. The predicted octanol–water partition coefficient (Wildman–Crippen LogP) is 2.35. The van der Waals surface area contributed by atoms with Crippen LogP contribution in [0.2, 0.25) is 0 Å². The fourth-order valence-corrected chi connectivity index (χ4v) is 3.43. The highest BCUT2D eigenvalue weighted by Gasteiger charge is 2.29. The molecule has 0 saturated heterocycles. The molecule has 0 saturated carbocycles. The number of sulfone groups is 1. The normalized spacial score (nSPS) is 14.0. The van der Waals surface area contributed by atoms with Gasteiger partial charge in [0.25, 0.3) is 0 Å². The summed E-state index contributed by atoms with van der Waals surface area (Å²) in [6, 6.07) is 8.33. The van der Waals surface area contributed by atoms with E-state index in [-0.39, 0.29) is 11.7 Å². The van der Waals surface area contributed by atoms with Gasteiger partial charge in [0.05, 0.1) is 17.4 Å². The number of carbonyl (C=O) groups excluding carboxylic acids is 1. The highest BCUT2D eigenvalue weighted by atomic mass is 32.2. The fourth-order valence-electron chi connectivity index (χ4n) is 1.73. The second-order valence-electron chi connectivity index (χ2n) is 5.17. The van der Waals surface area contributed by atoms with Crippen molar-refractivity contribution in [2.75, 3.05) is 11.1 Å². The second kappa shape index (κ2) is 7.23. The van der Waals surface area contributed by atoms with Gasteiger partial charge in [-0.05, 0) is 31.0 Å². The average molecular weight is 308 g/mol. The van der Waals surface area contributed by atoms with Crippen molar-refractivity contribution >= 4 is 21.4 Å². The van der Waals surface area contributed by atoms with Gasteiger partial charge in [-0.25, -0.2) is 8.42 Å². The van der Waals surface area contributed by atoms with Crippen molar-refractivity contribution in [3.05, 3.63) is 29.8 Å². The first-order valence-corrected chi connectivity index (χ1v) is 8.54. The SMILES string of the molecule is CCC(C)CS(=O)(=O)C(C)C(=O)Nc1cccc(C#N)c1. The molecular formula is C15H20N2O3S. The Bertz CT molecular complexity index is 647. The van der Waals surface area contributed by atoms with Crippen LogP contribution in [-0.2, 0) is 14.6 Å². The van der Waals surface area contributed by atoms with Crippen LogP contribution in [-0.4, -0.2) is 25.3 Å². The number of hydrogen-bond acceptors (Lipinski definition) is 4. The minimum absolute atomic E-state index is 0.00365. The standard InChI is InChI=1S/C15H20N2O3S/c1-4-11(2)10-21(19,20)12(3)15(18)17-14-7-5-6-13(8-14)9-16/h5-8,11-12H,4,10H2,1-3H3,(H,17,18). The number of nitrogens with zero attached hydrogens (tertiary/aromatic N) is 1. The van der Waals surface area contributed by atoms with Crippen molar-refractivity contribution in [1.29, 1.82) is 5.26 Å². The van der Waals surface area contributed by atoms with Crippen LogP contribution in [0.25, 0.3) is 0 Å². The zero-order valence-electron chi connectivity index (χ0n) is 12.5. The number of hydrogen-bond donors (Lipinski definition) is 1. The number of benzene rings is 1. The first-order valence-electron chi connectivity index (χ1n) is 6.82. The van der Waals surface area contributed by atoms with E-state index in [1.165, 1.54) is 13.0 Å². The molecule has 0 heterocycles. The number of carbonyl (C=O) groups is 1. The first kappa shape index (κ1) is 17.2. The summed E-state index contributed by atoms with van der Waals surface area (Å²) in [7, 11) is -3.48. The molecule has 5 nitrogen and oxygen atoms in total. The van der Waals surface area contributed by atoms with Crippen molar-refractivity contribution in [3.63, 3.8) is 0 Å². The molecule has 0 aliphatic heterocycles. The minimum Gasteiger partial charge on any atom is -0.325 e. The zero-order valence-corrected chi connectivity index (χ0v) is 13.3. The van der Waals surface area contributed by atoms with E-state index in [0.29, 0.717) is 11.3 Å². The Morgan fingerprint density at radius 2 is 2.05 bits per heavy atom. The molecule has 2 atom stereocenters. The molecule has 21 heavy (non-hydrogen) atoms. The van der Waals surface area contributed by atoms with Gasteiger partial charge in [-0.15, -0.1) is 0 Å². The van der Waals surface area contributed by atoms with E-state index in [1.54, 1.807) is 18.2 Å². The molecule has 1 amide bonds. The summed E-state index contributed by atoms with van der Waals surface area (Å²) >= 11 is 0. The summed E-state index contributed by atoms with van der Waals surface area (Å²) in [4.78, 5) is 12.1. The summed E-state index contributed by atoms with van der Waals surface area (Å²) in [5, 5.41) is 10.2. The number of nitrogens with one attached hydrogen (secondary N) is 1. The van der Waals surface area contributed by atoms with Crippen LogP contribution in [0, 0.1) is 17.2 Å². The smallest absolute Gasteiger partial charge is 0.242 e. The van der Waals surface area contributed by atoms with Crippen molar-refractivity contribution in [2.45, 2.75) is 32.4 Å². The maximum Gasteiger partial charge on any atom is 0.242 e. The molecule has 1 aromatic rings.